The highest BCUT2D eigenvalue weighted by atomic mass is 35.5. The zero-order chi connectivity index (χ0) is 21.4. The van der Waals surface area contributed by atoms with E-state index in [1.807, 2.05) is 19.9 Å². The molecule has 2 amide bonds. The lowest BCUT2D eigenvalue weighted by Crippen LogP contribution is -2.38. The lowest BCUT2D eigenvalue weighted by molar-refractivity contribution is -0.119. The molecule has 0 bridgehead atoms. The van der Waals surface area contributed by atoms with Gasteiger partial charge in [0.1, 0.15) is 11.5 Å². The van der Waals surface area contributed by atoms with Crippen molar-refractivity contribution in [3.63, 3.8) is 0 Å². The Morgan fingerprint density at radius 3 is 2.21 bits per heavy atom. The molecule has 2 N–H and O–H groups in total. The second-order valence-corrected chi connectivity index (χ2v) is 6.86. The number of amides is 2. The van der Waals surface area contributed by atoms with Crippen LogP contribution in [-0.2, 0) is 9.59 Å². The molecule has 7 nitrogen and oxygen atoms in total. The molecule has 2 aromatic rings. The van der Waals surface area contributed by atoms with Crippen molar-refractivity contribution in [3.8, 4) is 11.5 Å². The van der Waals surface area contributed by atoms with Crippen molar-refractivity contribution in [1.82, 2.24) is 4.90 Å². The first-order chi connectivity index (χ1) is 13.9. The number of nitrogens with zero attached hydrogens (tertiary/aromatic N) is 1. The average Bonchev–Trinajstić information content (AvgIpc) is 2.70. The van der Waals surface area contributed by atoms with Gasteiger partial charge in [0.15, 0.2) is 0 Å². The van der Waals surface area contributed by atoms with Gasteiger partial charge in [0.25, 0.3) is 0 Å². The summed E-state index contributed by atoms with van der Waals surface area (Å²) in [6, 6.07) is 10.4. The van der Waals surface area contributed by atoms with E-state index in [-0.39, 0.29) is 24.9 Å². The van der Waals surface area contributed by atoms with Gasteiger partial charge >= 0.3 is 0 Å². The van der Waals surface area contributed by atoms with Gasteiger partial charge in [-0.1, -0.05) is 24.6 Å². The Balaban J connectivity index is 1.97. The maximum atomic E-state index is 12.5. The van der Waals surface area contributed by atoms with Gasteiger partial charge in [-0.2, -0.15) is 0 Å². The molecule has 0 heterocycles. The predicted molar refractivity (Wildman–Crippen MR) is 115 cm³/mol. The quantitative estimate of drug-likeness (QED) is 0.649. The van der Waals surface area contributed by atoms with Crippen LogP contribution in [-0.4, -0.2) is 50.6 Å². The molecule has 0 aliphatic rings. The fourth-order valence-corrected chi connectivity index (χ4v) is 2.88. The lowest BCUT2D eigenvalue weighted by atomic mass is 10.2. The van der Waals surface area contributed by atoms with Gasteiger partial charge in [0.2, 0.25) is 11.8 Å². The molecule has 8 heteroatoms. The number of anilines is 2. The number of ether oxygens (including phenoxy) is 2. The Kier molecular flexibility index (Phi) is 8.30. The molecule has 0 spiro atoms. The van der Waals surface area contributed by atoms with Crippen LogP contribution < -0.4 is 20.1 Å². The Hall–Kier alpha value is -2.77. The van der Waals surface area contributed by atoms with E-state index in [0.29, 0.717) is 34.4 Å². The lowest BCUT2D eigenvalue weighted by Gasteiger charge is -2.20. The highest BCUT2D eigenvalue weighted by Gasteiger charge is 2.16. The van der Waals surface area contributed by atoms with Crippen molar-refractivity contribution in [3.05, 3.63) is 47.0 Å². The van der Waals surface area contributed by atoms with E-state index in [0.717, 1.165) is 5.56 Å². The minimum absolute atomic E-state index is 0.0544. The van der Waals surface area contributed by atoms with Crippen molar-refractivity contribution in [2.45, 2.75) is 13.8 Å². The summed E-state index contributed by atoms with van der Waals surface area (Å²) in [5, 5.41) is 6.19. The molecular weight excluding hydrogens is 394 g/mol. The Bertz CT molecular complexity index is 873. The molecule has 0 atom stereocenters. The van der Waals surface area contributed by atoms with Crippen LogP contribution in [0.25, 0.3) is 0 Å². The van der Waals surface area contributed by atoms with Crippen molar-refractivity contribution < 1.29 is 19.1 Å². The number of hydrogen-bond donors (Lipinski definition) is 2. The van der Waals surface area contributed by atoms with E-state index < -0.39 is 0 Å². The number of carbonyl (C=O) groups is 2. The summed E-state index contributed by atoms with van der Waals surface area (Å²) < 4.78 is 10.5. The summed E-state index contributed by atoms with van der Waals surface area (Å²) in [7, 11) is 3.07. The van der Waals surface area contributed by atoms with Gasteiger partial charge < -0.3 is 20.1 Å². The smallest absolute Gasteiger partial charge is 0.238 e. The van der Waals surface area contributed by atoms with Crippen LogP contribution in [0.5, 0.6) is 11.5 Å². The minimum Gasteiger partial charge on any atom is -0.497 e. The van der Waals surface area contributed by atoms with Crippen LogP contribution >= 0.6 is 11.6 Å². The second-order valence-electron chi connectivity index (χ2n) is 6.43. The zero-order valence-electron chi connectivity index (χ0n) is 17.0. The van der Waals surface area contributed by atoms with Crippen LogP contribution in [0.1, 0.15) is 12.5 Å². The van der Waals surface area contributed by atoms with Gasteiger partial charge in [-0.3, -0.25) is 14.5 Å². The number of aryl methyl sites for hydroxylation is 1. The zero-order valence-corrected chi connectivity index (χ0v) is 17.8. The standard InChI is InChI=1S/C21H26ClN3O4/c1-5-25(12-20(26)23-17-10-15(22)7-6-14(17)2)13-21(27)24-18-11-16(28-3)8-9-19(18)29-4/h6-11H,5,12-13H2,1-4H3,(H,23,26)(H,24,27). The summed E-state index contributed by atoms with van der Waals surface area (Å²) in [5.41, 5.74) is 2.07. The Morgan fingerprint density at radius 2 is 1.62 bits per heavy atom. The van der Waals surface area contributed by atoms with E-state index >= 15 is 0 Å². The molecule has 0 aliphatic heterocycles. The van der Waals surface area contributed by atoms with Crippen LogP contribution in [0.3, 0.4) is 0 Å². The number of likely N-dealkylation sites (N-methyl/N-ethyl adjacent to an activating group) is 1. The highest BCUT2D eigenvalue weighted by molar-refractivity contribution is 6.31. The highest BCUT2D eigenvalue weighted by Crippen LogP contribution is 2.28. The summed E-state index contributed by atoms with van der Waals surface area (Å²) in [6.45, 7) is 4.43. The van der Waals surface area contributed by atoms with Crippen LogP contribution in [0, 0.1) is 6.92 Å². The normalized spacial score (nSPS) is 10.6. The molecule has 0 aromatic heterocycles. The molecule has 0 aliphatic carbocycles. The molecular formula is C21H26ClN3O4. The number of methoxy groups -OCH3 is 2. The number of rotatable bonds is 9. The second kappa shape index (κ2) is 10.7. The van der Waals surface area contributed by atoms with E-state index in [4.69, 9.17) is 21.1 Å². The van der Waals surface area contributed by atoms with Crippen LogP contribution in [0.2, 0.25) is 5.02 Å². The first-order valence-corrected chi connectivity index (χ1v) is 9.54. The van der Waals surface area contributed by atoms with Gasteiger partial charge in [0.05, 0.1) is 33.0 Å². The molecule has 29 heavy (non-hydrogen) atoms. The van der Waals surface area contributed by atoms with Crippen molar-refractivity contribution in [2.24, 2.45) is 0 Å². The van der Waals surface area contributed by atoms with E-state index in [9.17, 15) is 9.59 Å². The summed E-state index contributed by atoms with van der Waals surface area (Å²) in [6.07, 6.45) is 0. The minimum atomic E-state index is -0.259. The van der Waals surface area contributed by atoms with E-state index in [2.05, 4.69) is 10.6 Å². The fraction of sp³-hybridized carbons (Fsp3) is 0.333. The molecule has 0 saturated carbocycles. The number of nitrogens with one attached hydrogen (secondary N) is 2. The first kappa shape index (κ1) is 22.5. The summed E-state index contributed by atoms with van der Waals surface area (Å²) in [5.74, 6) is 0.648. The average molecular weight is 420 g/mol. The molecule has 156 valence electrons. The molecule has 0 saturated heterocycles. The Labute approximate surface area is 175 Å². The van der Waals surface area contributed by atoms with Crippen LogP contribution in [0.4, 0.5) is 11.4 Å². The third kappa shape index (κ3) is 6.66. The summed E-state index contributed by atoms with van der Waals surface area (Å²) >= 11 is 5.99. The third-order valence-corrected chi connectivity index (χ3v) is 4.57. The number of halogens is 1. The van der Waals surface area contributed by atoms with Gasteiger partial charge in [-0.05, 0) is 43.3 Å². The fourth-order valence-electron chi connectivity index (χ4n) is 2.71. The molecule has 0 radical (unpaired) electrons. The Morgan fingerprint density at radius 1 is 0.966 bits per heavy atom. The van der Waals surface area contributed by atoms with Gasteiger partial charge in [-0.25, -0.2) is 0 Å². The molecule has 0 unspecified atom stereocenters. The van der Waals surface area contributed by atoms with Crippen molar-refractivity contribution in [1.29, 1.82) is 0 Å². The maximum Gasteiger partial charge on any atom is 0.238 e. The van der Waals surface area contributed by atoms with Gasteiger partial charge in [0, 0.05) is 16.8 Å². The molecule has 0 fully saturated rings. The predicted octanol–water partition coefficient (Wildman–Crippen LogP) is 3.56. The van der Waals surface area contributed by atoms with E-state index in [1.54, 1.807) is 42.3 Å². The van der Waals surface area contributed by atoms with Crippen molar-refractivity contribution in [2.75, 3.05) is 44.5 Å². The summed E-state index contributed by atoms with van der Waals surface area (Å²) in [4.78, 5) is 26.6. The van der Waals surface area contributed by atoms with Crippen molar-refractivity contribution >= 4 is 34.8 Å². The van der Waals surface area contributed by atoms with Gasteiger partial charge in [-0.15, -0.1) is 0 Å². The third-order valence-electron chi connectivity index (χ3n) is 4.34. The SMILES string of the molecule is CCN(CC(=O)Nc1cc(Cl)ccc1C)CC(=O)Nc1cc(OC)ccc1OC. The largest absolute Gasteiger partial charge is 0.497 e. The maximum absolute atomic E-state index is 12.5. The number of carbonyl (C=O) groups excluding carboxylic acids is 2. The molecule has 2 rings (SSSR count). The van der Waals surface area contributed by atoms with E-state index in [1.165, 1.54) is 7.11 Å². The molecule has 2 aromatic carbocycles. The number of benzene rings is 2. The number of hydrogen-bond acceptors (Lipinski definition) is 5. The van der Waals surface area contributed by atoms with Crippen LogP contribution in [0.15, 0.2) is 36.4 Å². The first-order valence-electron chi connectivity index (χ1n) is 9.16. The topological polar surface area (TPSA) is 79.9 Å². The monoisotopic (exact) mass is 419 g/mol.